The van der Waals surface area contributed by atoms with Crippen LogP contribution in [-0.4, -0.2) is 54.6 Å². The Hall–Kier alpha value is -3.15. The maximum absolute atomic E-state index is 13.1. The number of alkyl halides is 3. The first-order chi connectivity index (χ1) is 13.7. The number of halogens is 3. The molecule has 4 rings (SSSR count). The molecule has 1 aliphatic heterocycles. The Labute approximate surface area is 162 Å². The zero-order chi connectivity index (χ0) is 20.8. The molecule has 29 heavy (non-hydrogen) atoms. The number of fused-ring (bicyclic) bond motifs is 1. The lowest BCUT2D eigenvalue weighted by atomic mass is 10.1. The molecule has 2 N–H and O–H groups in total. The average molecular weight is 409 g/mol. The normalized spacial score (nSPS) is 17.7. The third-order valence-corrected chi connectivity index (χ3v) is 4.67. The van der Waals surface area contributed by atoms with Crippen molar-refractivity contribution in [3.63, 3.8) is 0 Å². The van der Waals surface area contributed by atoms with E-state index in [9.17, 15) is 23.1 Å². The predicted octanol–water partition coefficient (Wildman–Crippen LogP) is 1.70. The Bertz CT molecular complexity index is 1060. The maximum atomic E-state index is 13.1. The Morgan fingerprint density at radius 3 is 2.90 bits per heavy atom. The molecule has 3 aromatic rings. The molecule has 12 heteroatoms. The van der Waals surface area contributed by atoms with Crippen LogP contribution in [0.3, 0.4) is 0 Å². The number of rotatable bonds is 3. The molecule has 0 bridgehead atoms. The van der Waals surface area contributed by atoms with E-state index in [-0.39, 0.29) is 11.2 Å². The van der Waals surface area contributed by atoms with Crippen LogP contribution >= 0.6 is 0 Å². The third-order valence-electron chi connectivity index (χ3n) is 4.67. The van der Waals surface area contributed by atoms with Crippen molar-refractivity contribution in [1.82, 2.24) is 24.4 Å². The van der Waals surface area contributed by atoms with Gasteiger partial charge in [0.15, 0.2) is 11.3 Å². The SMILES string of the molecule is Cn1cc(NC(=O)c2cnn3ccc(N4CCC[C@H](O)C4)nc23)c(C(F)(F)F)n1. The minimum Gasteiger partial charge on any atom is -0.391 e. The summed E-state index contributed by atoms with van der Waals surface area (Å²) in [6.45, 7) is 1.13. The van der Waals surface area contributed by atoms with Crippen molar-refractivity contribution < 1.29 is 23.1 Å². The van der Waals surface area contributed by atoms with E-state index in [1.807, 2.05) is 4.90 Å². The number of β-amino-alcohol motifs (C(OH)–C–C–N with tert-alkyl or cyclic N) is 1. The number of hydrogen-bond acceptors (Lipinski definition) is 6. The molecule has 4 heterocycles. The molecule has 0 saturated carbocycles. The highest BCUT2D eigenvalue weighted by atomic mass is 19.4. The van der Waals surface area contributed by atoms with Crippen LogP contribution in [0.15, 0.2) is 24.7 Å². The zero-order valence-electron chi connectivity index (χ0n) is 15.4. The van der Waals surface area contributed by atoms with Crippen molar-refractivity contribution in [3.8, 4) is 0 Å². The van der Waals surface area contributed by atoms with Gasteiger partial charge in [-0.1, -0.05) is 0 Å². The van der Waals surface area contributed by atoms with Crippen LogP contribution in [0.2, 0.25) is 0 Å². The Kier molecular flexibility index (Phi) is 4.65. The van der Waals surface area contributed by atoms with Gasteiger partial charge in [-0.25, -0.2) is 9.50 Å². The van der Waals surface area contributed by atoms with Gasteiger partial charge in [0.1, 0.15) is 11.4 Å². The third kappa shape index (κ3) is 3.75. The van der Waals surface area contributed by atoms with Crippen LogP contribution in [0.4, 0.5) is 24.7 Å². The summed E-state index contributed by atoms with van der Waals surface area (Å²) in [5, 5.41) is 19.5. The van der Waals surface area contributed by atoms with Gasteiger partial charge in [0.25, 0.3) is 5.91 Å². The number of aliphatic hydroxyl groups excluding tert-OH is 1. The Morgan fingerprint density at radius 1 is 1.38 bits per heavy atom. The van der Waals surface area contributed by atoms with E-state index >= 15 is 0 Å². The highest BCUT2D eigenvalue weighted by Gasteiger charge is 2.38. The second-order valence-corrected chi connectivity index (χ2v) is 6.87. The lowest BCUT2D eigenvalue weighted by Crippen LogP contribution is -2.38. The van der Waals surface area contributed by atoms with Gasteiger partial charge in [-0.3, -0.25) is 9.48 Å². The molecule has 1 fully saturated rings. The van der Waals surface area contributed by atoms with Crippen molar-refractivity contribution in [1.29, 1.82) is 0 Å². The van der Waals surface area contributed by atoms with E-state index in [4.69, 9.17) is 0 Å². The second-order valence-electron chi connectivity index (χ2n) is 6.87. The van der Waals surface area contributed by atoms with Gasteiger partial charge in [0.05, 0.1) is 18.0 Å². The van der Waals surface area contributed by atoms with E-state index in [0.717, 1.165) is 17.3 Å². The Morgan fingerprint density at radius 2 is 2.17 bits per heavy atom. The molecule has 9 nitrogen and oxygen atoms in total. The van der Waals surface area contributed by atoms with E-state index in [0.29, 0.717) is 25.3 Å². The van der Waals surface area contributed by atoms with Crippen molar-refractivity contribution in [2.24, 2.45) is 7.05 Å². The number of aliphatic hydroxyl groups is 1. The summed E-state index contributed by atoms with van der Waals surface area (Å²) in [4.78, 5) is 19.0. The molecule has 0 radical (unpaired) electrons. The van der Waals surface area contributed by atoms with Crippen molar-refractivity contribution in [3.05, 3.63) is 35.9 Å². The molecule has 0 aromatic carbocycles. The molecular formula is C17H18F3N7O2. The first kappa shape index (κ1) is 19.2. The molecule has 1 amide bonds. The van der Waals surface area contributed by atoms with Gasteiger partial charge in [0, 0.05) is 32.5 Å². The first-order valence-corrected chi connectivity index (χ1v) is 8.92. The second kappa shape index (κ2) is 7.03. The Balaban J connectivity index is 1.64. The molecule has 0 unspecified atom stereocenters. The van der Waals surface area contributed by atoms with Crippen LogP contribution in [-0.2, 0) is 13.2 Å². The first-order valence-electron chi connectivity index (χ1n) is 8.92. The number of hydrogen-bond donors (Lipinski definition) is 2. The number of nitrogens with one attached hydrogen (secondary N) is 1. The minimum atomic E-state index is -4.70. The molecule has 0 spiro atoms. The van der Waals surface area contributed by atoms with Gasteiger partial charge in [-0.2, -0.15) is 23.4 Å². The number of aryl methyl sites for hydroxylation is 1. The van der Waals surface area contributed by atoms with E-state index in [1.54, 1.807) is 12.3 Å². The number of piperidine rings is 1. The standard InChI is InChI=1S/C17H18F3N7O2/c1-25-9-12(14(24-25)17(18,19)20)22-16(29)11-7-21-27-6-4-13(23-15(11)27)26-5-2-3-10(28)8-26/h4,6-7,9-10,28H,2-3,5,8H2,1H3,(H,22,29)/t10-/m0/s1. The van der Waals surface area contributed by atoms with Crippen LogP contribution in [0.1, 0.15) is 28.9 Å². The molecule has 3 aromatic heterocycles. The summed E-state index contributed by atoms with van der Waals surface area (Å²) in [5.41, 5.74) is -1.39. The number of aromatic nitrogens is 5. The number of carbonyl (C=O) groups is 1. The van der Waals surface area contributed by atoms with Crippen molar-refractivity contribution >= 4 is 23.1 Å². The predicted molar refractivity (Wildman–Crippen MR) is 96.6 cm³/mol. The largest absolute Gasteiger partial charge is 0.437 e. The van der Waals surface area contributed by atoms with Gasteiger partial charge in [-0.15, -0.1) is 0 Å². The summed E-state index contributed by atoms with van der Waals surface area (Å²) in [5.74, 6) is -0.218. The van der Waals surface area contributed by atoms with Crippen LogP contribution < -0.4 is 10.2 Å². The van der Waals surface area contributed by atoms with Gasteiger partial charge in [0.2, 0.25) is 0 Å². The number of anilines is 2. The highest BCUT2D eigenvalue weighted by molar-refractivity contribution is 6.08. The van der Waals surface area contributed by atoms with Crippen LogP contribution in [0.5, 0.6) is 0 Å². The monoisotopic (exact) mass is 409 g/mol. The number of carbonyl (C=O) groups excluding carboxylic acids is 1. The summed E-state index contributed by atoms with van der Waals surface area (Å²) in [7, 11) is 1.33. The van der Waals surface area contributed by atoms with Crippen LogP contribution in [0, 0.1) is 0 Å². The minimum absolute atomic E-state index is 0.0291. The van der Waals surface area contributed by atoms with E-state index < -0.39 is 29.6 Å². The topological polar surface area (TPSA) is 101 Å². The molecule has 1 atom stereocenters. The molecule has 1 aliphatic rings. The average Bonchev–Trinajstić information content (AvgIpc) is 3.24. The van der Waals surface area contributed by atoms with Gasteiger partial charge >= 0.3 is 6.18 Å². The zero-order valence-corrected chi connectivity index (χ0v) is 15.4. The fourth-order valence-electron chi connectivity index (χ4n) is 3.34. The number of nitrogens with zero attached hydrogens (tertiary/aromatic N) is 6. The summed E-state index contributed by atoms with van der Waals surface area (Å²) < 4.78 is 41.7. The summed E-state index contributed by atoms with van der Waals surface area (Å²) >= 11 is 0. The van der Waals surface area contributed by atoms with Crippen molar-refractivity contribution in [2.75, 3.05) is 23.3 Å². The maximum Gasteiger partial charge on any atom is 0.437 e. The lowest BCUT2D eigenvalue weighted by Gasteiger charge is -2.30. The molecule has 154 valence electrons. The van der Waals surface area contributed by atoms with Gasteiger partial charge in [-0.05, 0) is 18.9 Å². The smallest absolute Gasteiger partial charge is 0.391 e. The van der Waals surface area contributed by atoms with Crippen molar-refractivity contribution in [2.45, 2.75) is 25.1 Å². The molecule has 0 aliphatic carbocycles. The summed E-state index contributed by atoms with van der Waals surface area (Å²) in [6, 6.07) is 1.71. The molecular weight excluding hydrogens is 391 g/mol. The van der Waals surface area contributed by atoms with E-state index in [2.05, 4.69) is 20.5 Å². The molecule has 1 saturated heterocycles. The van der Waals surface area contributed by atoms with Gasteiger partial charge < -0.3 is 15.3 Å². The lowest BCUT2D eigenvalue weighted by molar-refractivity contribution is -0.140. The van der Waals surface area contributed by atoms with E-state index in [1.165, 1.54) is 17.8 Å². The quantitative estimate of drug-likeness (QED) is 0.683. The number of amides is 1. The summed E-state index contributed by atoms with van der Waals surface area (Å²) in [6.07, 6.45) is 0.303. The highest BCUT2D eigenvalue weighted by Crippen LogP contribution is 2.33. The fraction of sp³-hybridized carbons (Fsp3) is 0.412. The fourth-order valence-corrected chi connectivity index (χ4v) is 3.34. The van der Waals surface area contributed by atoms with Crippen LogP contribution in [0.25, 0.3) is 5.65 Å².